The highest BCUT2D eigenvalue weighted by Crippen LogP contribution is 2.24. The first kappa shape index (κ1) is 12.9. The summed E-state index contributed by atoms with van der Waals surface area (Å²) >= 11 is 0. The van der Waals surface area contributed by atoms with E-state index in [1.54, 1.807) is 0 Å². The molecule has 21 heavy (non-hydrogen) atoms. The van der Waals surface area contributed by atoms with Gasteiger partial charge in [0, 0.05) is 48.3 Å². The molecule has 1 atom stereocenters. The van der Waals surface area contributed by atoms with Crippen LogP contribution in [0.5, 0.6) is 0 Å². The van der Waals surface area contributed by atoms with Crippen molar-refractivity contribution in [3.05, 3.63) is 36.0 Å². The summed E-state index contributed by atoms with van der Waals surface area (Å²) in [6.07, 6.45) is 5.75. The summed E-state index contributed by atoms with van der Waals surface area (Å²) < 4.78 is 0. The van der Waals surface area contributed by atoms with E-state index in [0.29, 0.717) is 6.04 Å². The molecule has 4 heteroatoms. The Kier molecular flexibility index (Phi) is 3.19. The minimum atomic E-state index is 0.186. The van der Waals surface area contributed by atoms with Crippen LogP contribution in [-0.4, -0.2) is 52.9 Å². The van der Waals surface area contributed by atoms with Gasteiger partial charge in [-0.05, 0) is 37.6 Å². The summed E-state index contributed by atoms with van der Waals surface area (Å²) in [5.74, 6) is 0.186. The van der Waals surface area contributed by atoms with Crippen LogP contribution in [0.4, 0.5) is 0 Å². The molecular formula is C17H21N3O. The fraction of sp³-hybridized carbons (Fsp3) is 0.471. The molecule has 2 saturated heterocycles. The third-order valence-electron chi connectivity index (χ3n) is 4.95. The molecule has 110 valence electrons. The van der Waals surface area contributed by atoms with Crippen molar-refractivity contribution < 1.29 is 4.79 Å². The number of aromatic nitrogens is 1. The van der Waals surface area contributed by atoms with Gasteiger partial charge in [-0.2, -0.15) is 0 Å². The van der Waals surface area contributed by atoms with E-state index in [2.05, 4.69) is 9.88 Å². The molecule has 0 saturated carbocycles. The van der Waals surface area contributed by atoms with Crippen LogP contribution in [-0.2, 0) is 0 Å². The lowest BCUT2D eigenvalue weighted by atomic mass is 9.99. The van der Waals surface area contributed by atoms with Crippen molar-refractivity contribution in [1.82, 2.24) is 14.8 Å². The number of piperidine rings is 1. The van der Waals surface area contributed by atoms with Gasteiger partial charge < -0.3 is 9.88 Å². The Morgan fingerprint density at radius 2 is 2.10 bits per heavy atom. The number of piperazine rings is 1. The van der Waals surface area contributed by atoms with E-state index in [-0.39, 0.29) is 5.91 Å². The number of rotatable bonds is 1. The summed E-state index contributed by atoms with van der Waals surface area (Å²) in [7, 11) is 0. The molecule has 0 radical (unpaired) electrons. The number of aromatic amines is 1. The smallest absolute Gasteiger partial charge is 0.254 e. The zero-order valence-corrected chi connectivity index (χ0v) is 12.2. The molecule has 2 fully saturated rings. The van der Waals surface area contributed by atoms with Crippen LogP contribution in [0.3, 0.4) is 0 Å². The Bertz CT molecular complexity index is 663. The van der Waals surface area contributed by atoms with E-state index in [0.717, 1.165) is 36.1 Å². The predicted molar refractivity (Wildman–Crippen MR) is 83.4 cm³/mol. The van der Waals surface area contributed by atoms with E-state index in [4.69, 9.17) is 0 Å². The summed E-state index contributed by atoms with van der Waals surface area (Å²) in [6, 6.07) is 8.50. The SMILES string of the molecule is O=C(c1cccc2[nH]ccc12)N1CCN2CCCCC2C1. The fourth-order valence-corrected chi connectivity index (χ4v) is 3.78. The average molecular weight is 283 g/mol. The van der Waals surface area contributed by atoms with Crippen LogP contribution in [0.1, 0.15) is 29.6 Å². The standard InChI is InChI=1S/C17H21N3O/c21-17(15-5-3-6-16-14(15)7-8-18-16)20-11-10-19-9-2-1-4-13(19)12-20/h3,5-8,13,18H,1-2,4,9-12H2. The van der Waals surface area contributed by atoms with Crippen molar-refractivity contribution in [3.8, 4) is 0 Å². The second-order valence-electron chi connectivity index (χ2n) is 6.18. The number of hydrogen-bond donors (Lipinski definition) is 1. The summed E-state index contributed by atoms with van der Waals surface area (Å²) in [5, 5.41) is 1.04. The molecule has 4 rings (SSSR count). The molecular weight excluding hydrogens is 262 g/mol. The number of nitrogens with one attached hydrogen (secondary N) is 1. The zero-order valence-electron chi connectivity index (χ0n) is 12.2. The Morgan fingerprint density at radius 1 is 1.14 bits per heavy atom. The maximum Gasteiger partial charge on any atom is 0.254 e. The van der Waals surface area contributed by atoms with Gasteiger partial charge in [-0.3, -0.25) is 9.69 Å². The average Bonchev–Trinajstić information content (AvgIpc) is 3.02. The summed E-state index contributed by atoms with van der Waals surface area (Å²) in [5.41, 5.74) is 1.87. The maximum atomic E-state index is 12.9. The van der Waals surface area contributed by atoms with E-state index in [1.807, 2.05) is 35.4 Å². The Morgan fingerprint density at radius 3 is 3.05 bits per heavy atom. The molecule has 1 unspecified atom stereocenters. The minimum absolute atomic E-state index is 0.186. The summed E-state index contributed by atoms with van der Waals surface area (Å²) in [4.78, 5) is 20.7. The van der Waals surface area contributed by atoms with Crippen LogP contribution in [0.25, 0.3) is 10.9 Å². The molecule has 1 aromatic carbocycles. The van der Waals surface area contributed by atoms with Gasteiger partial charge in [0.25, 0.3) is 5.91 Å². The van der Waals surface area contributed by atoms with E-state index in [9.17, 15) is 4.79 Å². The number of hydrogen-bond acceptors (Lipinski definition) is 2. The van der Waals surface area contributed by atoms with Crippen molar-refractivity contribution in [2.45, 2.75) is 25.3 Å². The van der Waals surface area contributed by atoms with Gasteiger partial charge in [0.15, 0.2) is 0 Å². The highest BCUT2D eigenvalue weighted by molar-refractivity contribution is 6.06. The van der Waals surface area contributed by atoms with Gasteiger partial charge in [-0.15, -0.1) is 0 Å². The number of H-pyrrole nitrogens is 1. The monoisotopic (exact) mass is 283 g/mol. The van der Waals surface area contributed by atoms with Gasteiger partial charge in [-0.1, -0.05) is 12.5 Å². The lowest BCUT2D eigenvalue weighted by Gasteiger charge is -2.44. The fourth-order valence-electron chi connectivity index (χ4n) is 3.78. The number of benzene rings is 1. The van der Waals surface area contributed by atoms with Crippen LogP contribution >= 0.6 is 0 Å². The highest BCUT2D eigenvalue weighted by Gasteiger charge is 2.31. The van der Waals surface area contributed by atoms with Gasteiger partial charge in [-0.25, -0.2) is 0 Å². The predicted octanol–water partition coefficient (Wildman–Crippen LogP) is 2.48. The third kappa shape index (κ3) is 2.23. The van der Waals surface area contributed by atoms with Gasteiger partial charge >= 0.3 is 0 Å². The molecule has 4 nitrogen and oxygen atoms in total. The summed E-state index contributed by atoms with van der Waals surface area (Å²) in [6.45, 7) is 3.98. The molecule has 2 aromatic rings. The molecule has 2 aliphatic heterocycles. The van der Waals surface area contributed by atoms with Crippen molar-refractivity contribution in [1.29, 1.82) is 0 Å². The Labute approximate surface area is 124 Å². The van der Waals surface area contributed by atoms with Gasteiger partial charge in [0.2, 0.25) is 0 Å². The lowest BCUT2D eigenvalue weighted by molar-refractivity contribution is 0.0374. The first-order valence-corrected chi connectivity index (χ1v) is 7.92. The largest absolute Gasteiger partial charge is 0.361 e. The van der Waals surface area contributed by atoms with Crippen molar-refractivity contribution >= 4 is 16.8 Å². The van der Waals surface area contributed by atoms with Gasteiger partial charge in [0.1, 0.15) is 0 Å². The molecule has 1 amide bonds. The van der Waals surface area contributed by atoms with Crippen molar-refractivity contribution in [3.63, 3.8) is 0 Å². The number of nitrogens with zero attached hydrogens (tertiary/aromatic N) is 2. The molecule has 0 aliphatic carbocycles. The normalized spacial score (nSPS) is 23.2. The minimum Gasteiger partial charge on any atom is -0.361 e. The molecule has 1 aromatic heterocycles. The third-order valence-corrected chi connectivity index (χ3v) is 4.95. The number of carbonyl (C=O) groups excluding carboxylic acids is 1. The number of fused-ring (bicyclic) bond motifs is 2. The van der Waals surface area contributed by atoms with Crippen LogP contribution in [0.15, 0.2) is 30.5 Å². The van der Waals surface area contributed by atoms with E-state index in [1.165, 1.54) is 25.8 Å². The van der Waals surface area contributed by atoms with Crippen LogP contribution in [0, 0.1) is 0 Å². The first-order chi connectivity index (χ1) is 10.3. The molecule has 2 aliphatic rings. The molecule has 0 bridgehead atoms. The van der Waals surface area contributed by atoms with E-state index < -0.39 is 0 Å². The molecule has 1 N–H and O–H groups in total. The topological polar surface area (TPSA) is 39.3 Å². The quantitative estimate of drug-likeness (QED) is 0.873. The lowest BCUT2D eigenvalue weighted by Crippen LogP contribution is -2.56. The second kappa shape index (κ2) is 5.19. The molecule has 0 spiro atoms. The maximum absolute atomic E-state index is 12.9. The number of amides is 1. The van der Waals surface area contributed by atoms with Crippen molar-refractivity contribution in [2.24, 2.45) is 0 Å². The van der Waals surface area contributed by atoms with E-state index >= 15 is 0 Å². The zero-order chi connectivity index (χ0) is 14.2. The first-order valence-electron chi connectivity index (χ1n) is 7.92. The molecule has 3 heterocycles. The van der Waals surface area contributed by atoms with Crippen LogP contribution in [0.2, 0.25) is 0 Å². The highest BCUT2D eigenvalue weighted by atomic mass is 16.2. The van der Waals surface area contributed by atoms with Crippen molar-refractivity contribution in [2.75, 3.05) is 26.2 Å². The van der Waals surface area contributed by atoms with Gasteiger partial charge in [0.05, 0.1) is 0 Å². The Balaban J connectivity index is 1.59. The Hall–Kier alpha value is -1.81. The second-order valence-corrected chi connectivity index (χ2v) is 6.18. The number of carbonyl (C=O) groups is 1. The van der Waals surface area contributed by atoms with Crippen LogP contribution < -0.4 is 0 Å².